The number of hydrogen-bond donors (Lipinski definition) is 2. The maximum Gasteiger partial charge on any atom is 0.276 e. The highest BCUT2D eigenvalue weighted by molar-refractivity contribution is 6.02. The minimum atomic E-state index is -0.191. The first kappa shape index (κ1) is 18.4. The molecule has 0 bridgehead atoms. The quantitative estimate of drug-likeness (QED) is 0.888. The summed E-state index contributed by atoms with van der Waals surface area (Å²) < 4.78 is 7.46. The number of amides is 1. The molecule has 0 aliphatic carbocycles. The third-order valence-corrected chi connectivity index (χ3v) is 4.04. The van der Waals surface area contributed by atoms with Crippen molar-refractivity contribution in [1.29, 1.82) is 0 Å². The van der Waals surface area contributed by atoms with Crippen LogP contribution in [0.4, 0.5) is 5.69 Å². The van der Waals surface area contributed by atoms with Gasteiger partial charge in [0.25, 0.3) is 5.91 Å². The molecule has 130 valence electrons. The Hall–Kier alpha value is -1.89. The lowest BCUT2D eigenvalue weighted by Crippen LogP contribution is -2.33. The molecule has 0 unspecified atom stereocenters. The third-order valence-electron chi connectivity index (χ3n) is 4.04. The molecule has 2 aromatic rings. The van der Waals surface area contributed by atoms with Gasteiger partial charge in [-0.2, -0.15) is 5.10 Å². The van der Waals surface area contributed by atoms with Gasteiger partial charge in [-0.3, -0.25) is 9.48 Å². The zero-order valence-corrected chi connectivity index (χ0v) is 14.7. The number of aromatic nitrogens is 2. The summed E-state index contributed by atoms with van der Waals surface area (Å²) in [5.41, 5.74) is 3.34. The fraction of sp³-hybridized carbons (Fsp3) is 0.412. The van der Waals surface area contributed by atoms with Gasteiger partial charge in [0.05, 0.1) is 12.7 Å². The van der Waals surface area contributed by atoms with Gasteiger partial charge in [0.15, 0.2) is 5.69 Å². The van der Waals surface area contributed by atoms with Crippen LogP contribution in [-0.2, 0) is 18.2 Å². The van der Waals surface area contributed by atoms with Crippen LogP contribution in [0.15, 0.2) is 30.3 Å². The van der Waals surface area contributed by atoms with Crippen molar-refractivity contribution < 1.29 is 9.53 Å². The molecule has 1 aromatic carbocycles. The van der Waals surface area contributed by atoms with E-state index in [1.54, 1.807) is 4.68 Å². The molecule has 1 fully saturated rings. The highest BCUT2D eigenvalue weighted by Gasteiger charge is 2.16. The van der Waals surface area contributed by atoms with Crippen molar-refractivity contribution >= 4 is 24.0 Å². The molecule has 6 nitrogen and oxygen atoms in total. The molecule has 1 aliphatic heterocycles. The molecule has 1 amide bonds. The Balaban J connectivity index is 0.00000208. The molecule has 1 saturated heterocycles. The SMILES string of the molecule is CCc1cc(C(=O)Nc2ccc([C@H]3CNCCO3)cc2)nn1C.Cl. The Labute approximate surface area is 148 Å². The number of nitrogens with zero attached hydrogens (tertiary/aromatic N) is 2. The van der Waals surface area contributed by atoms with Gasteiger partial charge in [-0.25, -0.2) is 0 Å². The van der Waals surface area contributed by atoms with E-state index in [2.05, 4.69) is 15.7 Å². The number of nitrogens with one attached hydrogen (secondary N) is 2. The van der Waals surface area contributed by atoms with Crippen molar-refractivity contribution in [3.8, 4) is 0 Å². The normalized spacial score (nSPS) is 17.2. The number of ether oxygens (including phenoxy) is 1. The summed E-state index contributed by atoms with van der Waals surface area (Å²) in [5, 5.41) is 10.4. The second-order valence-electron chi connectivity index (χ2n) is 5.64. The smallest absolute Gasteiger partial charge is 0.276 e. The fourth-order valence-corrected chi connectivity index (χ4v) is 2.70. The summed E-state index contributed by atoms with van der Waals surface area (Å²) in [6.45, 7) is 4.48. The Morgan fingerprint density at radius 3 is 2.75 bits per heavy atom. The molecule has 24 heavy (non-hydrogen) atoms. The predicted octanol–water partition coefficient (Wildman–Crippen LogP) is 2.32. The van der Waals surface area contributed by atoms with Crippen molar-refractivity contribution in [2.75, 3.05) is 25.0 Å². The molecule has 7 heteroatoms. The van der Waals surface area contributed by atoms with Crippen molar-refractivity contribution in [3.05, 3.63) is 47.3 Å². The second kappa shape index (κ2) is 8.28. The lowest BCUT2D eigenvalue weighted by molar-refractivity contribution is 0.0277. The number of rotatable bonds is 4. The molecule has 0 spiro atoms. The van der Waals surface area contributed by atoms with E-state index in [-0.39, 0.29) is 24.4 Å². The van der Waals surface area contributed by atoms with Gasteiger partial charge < -0.3 is 15.4 Å². The maximum atomic E-state index is 12.3. The van der Waals surface area contributed by atoms with Gasteiger partial charge in [-0.1, -0.05) is 19.1 Å². The summed E-state index contributed by atoms with van der Waals surface area (Å²) in [6.07, 6.45) is 0.928. The largest absolute Gasteiger partial charge is 0.371 e. The fourth-order valence-electron chi connectivity index (χ4n) is 2.70. The summed E-state index contributed by atoms with van der Waals surface area (Å²) in [6, 6.07) is 9.60. The van der Waals surface area contributed by atoms with Crippen LogP contribution in [0.25, 0.3) is 0 Å². The van der Waals surface area contributed by atoms with E-state index < -0.39 is 0 Å². The van der Waals surface area contributed by atoms with Crippen LogP contribution in [-0.4, -0.2) is 35.4 Å². The number of aryl methyl sites for hydroxylation is 2. The Morgan fingerprint density at radius 2 is 2.17 bits per heavy atom. The monoisotopic (exact) mass is 350 g/mol. The molecule has 1 atom stereocenters. The lowest BCUT2D eigenvalue weighted by atomic mass is 10.1. The number of carbonyl (C=O) groups is 1. The lowest BCUT2D eigenvalue weighted by Gasteiger charge is -2.24. The Bertz CT molecular complexity index is 678. The summed E-state index contributed by atoms with van der Waals surface area (Å²) >= 11 is 0. The van der Waals surface area contributed by atoms with Crippen molar-refractivity contribution in [2.45, 2.75) is 19.4 Å². The number of benzene rings is 1. The van der Waals surface area contributed by atoms with Gasteiger partial charge in [0.1, 0.15) is 0 Å². The first-order valence-electron chi connectivity index (χ1n) is 7.94. The molecular weight excluding hydrogens is 328 g/mol. The molecule has 1 aromatic heterocycles. The first-order chi connectivity index (χ1) is 11.2. The summed E-state index contributed by atoms with van der Waals surface area (Å²) in [5.74, 6) is -0.191. The predicted molar refractivity (Wildman–Crippen MR) is 95.8 cm³/mol. The van der Waals surface area contributed by atoms with Crippen molar-refractivity contribution in [2.24, 2.45) is 7.05 Å². The van der Waals surface area contributed by atoms with E-state index in [0.29, 0.717) is 5.69 Å². The van der Waals surface area contributed by atoms with Gasteiger partial charge in [-0.15, -0.1) is 12.4 Å². The average molecular weight is 351 g/mol. The molecule has 0 radical (unpaired) electrons. The average Bonchev–Trinajstić information content (AvgIpc) is 2.97. The number of hydrogen-bond acceptors (Lipinski definition) is 4. The second-order valence-corrected chi connectivity index (χ2v) is 5.64. The van der Waals surface area contributed by atoms with Gasteiger partial charge in [0, 0.05) is 31.5 Å². The Morgan fingerprint density at radius 1 is 1.42 bits per heavy atom. The molecule has 0 saturated carbocycles. The number of anilines is 1. The number of morpholine rings is 1. The zero-order valence-electron chi connectivity index (χ0n) is 13.9. The van der Waals surface area contributed by atoms with E-state index in [4.69, 9.17) is 4.74 Å². The van der Waals surface area contributed by atoms with E-state index >= 15 is 0 Å². The van der Waals surface area contributed by atoms with Crippen LogP contribution in [0, 0.1) is 0 Å². The van der Waals surface area contributed by atoms with Crippen LogP contribution in [0.3, 0.4) is 0 Å². The van der Waals surface area contributed by atoms with E-state index in [1.807, 2.05) is 44.3 Å². The minimum Gasteiger partial charge on any atom is -0.371 e. The van der Waals surface area contributed by atoms with Gasteiger partial charge in [-0.05, 0) is 30.2 Å². The standard InChI is InChI=1S/C17H22N4O2.ClH/c1-3-14-10-15(20-21(14)2)17(22)19-13-6-4-12(5-7-13)16-11-18-8-9-23-16;/h4-7,10,16,18H,3,8-9,11H2,1-2H3,(H,19,22);1H/t16-;/m1./s1. The molecule has 2 heterocycles. The summed E-state index contributed by atoms with van der Waals surface area (Å²) in [4.78, 5) is 12.3. The molecule has 1 aliphatic rings. The number of halogens is 1. The highest BCUT2D eigenvalue weighted by Crippen LogP contribution is 2.21. The van der Waals surface area contributed by atoms with Crippen molar-refractivity contribution in [3.63, 3.8) is 0 Å². The summed E-state index contributed by atoms with van der Waals surface area (Å²) in [7, 11) is 1.85. The molecule has 3 rings (SSSR count). The highest BCUT2D eigenvalue weighted by atomic mass is 35.5. The molecule has 2 N–H and O–H groups in total. The topological polar surface area (TPSA) is 68.2 Å². The van der Waals surface area contributed by atoms with Crippen LogP contribution in [0.1, 0.15) is 34.8 Å². The van der Waals surface area contributed by atoms with Crippen LogP contribution < -0.4 is 10.6 Å². The van der Waals surface area contributed by atoms with Crippen LogP contribution in [0.2, 0.25) is 0 Å². The third kappa shape index (κ3) is 4.14. The number of carbonyl (C=O) groups excluding carboxylic acids is 1. The van der Waals surface area contributed by atoms with E-state index in [9.17, 15) is 4.79 Å². The van der Waals surface area contributed by atoms with Crippen LogP contribution >= 0.6 is 12.4 Å². The first-order valence-corrected chi connectivity index (χ1v) is 7.94. The van der Waals surface area contributed by atoms with E-state index in [0.717, 1.165) is 43.1 Å². The van der Waals surface area contributed by atoms with E-state index in [1.165, 1.54) is 0 Å². The zero-order chi connectivity index (χ0) is 16.2. The Kier molecular flexibility index (Phi) is 6.36. The molecular formula is C17H23ClN4O2. The van der Waals surface area contributed by atoms with Gasteiger partial charge in [0.2, 0.25) is 0 Å². The van der Waals surface area contributed by atoms with Crippen molar-refractivity contribution in [1.82, 2.24) is 15.1 Å². The van der Waals surface area contributed by atoms with Crippen LogP contribution in [0.5, 0.6) is 0 Å². The van der Waals surface area contributed by atoms with Gasteiger partial charge >= 0.3 is 0 Å². The maximum absolute atomic E-state index is 12.3. The minimum absolute atomic E-state index is 0.